The molecule has 2 N–H and O–H groups in total. The van der Waals surface area contributed by atoms with Crippen molar-refractivity contribution in [3.8, 4) is 0 Å². The Kier molecular flexibility index (Phi) is 6.45. The highest BCUT2D eigenvalue weighted by Gasteiger charge is 2.27. The van der Waals surface area contributed by atoms with Crippen molar-refractivity contribution in [2.75, 3.05) is 19.7 Å². The molecule has 0 aliphatic carbocycles. The van der Waals surface area contributed by atoms with E-state index in [1.54, 1.807) is 0 Å². The van der Waals surface area contributed by atoms with E-state index < -0.39 is 0 Å². The topological polar surface area (TPSA) is 38.5 Å². The molecule has 0 bridgehead atoms. The molecule has 0 amide bonds. The summed E-state index contributed by atoms with van der Waals surface area (Å²) >= 11 is 0. The van der Waals surface area contributed by atoms with Crippen LogP contribution in [0.5, 0.6) is 0 Å². The average molecular weight is 242 g/mol. The second-order valence-electron chi connectivity index (χ2n) is 5.79. The molecule has 3 heteroatoms. The van der Waals surface area contributed by atoms with Crippen molar-refractivity contribution in [3.05, 3.63) is 0 Å². The average Bonchev–Trinajstić information content (AvgIpc) is 2.29. The summed E-state index contributed by atoms with van der Waals surface area (Å²) in [6.07, 6.45) is 3.83. The summed E-state index contributed by atoms with van der Waals surface area (Å²) in [6, 6.07) is 0.791. The number of rotatable bonds is 6. The lowest BCUT2D eigenvalue weighted by Crippen LogP contribution is -2.52. The van der Waals surface area contributed by atoms with Crippen LogP contribution in [0.15, 0.2) is 0 Å². The standard InChI is InChI=1S/C14H30N2O/c1-5-6-12(4)9-13(15)14-10-16(11(2)3)7-8-17-14/h11-14H,5-10,15H2,1-4H3. The molecule has 1 rings (SSSR count). The highest BCUT2D eigenvalue weighted by molar-refractivity contribution is 4.83. The van der Waals surface area contributed by atoms with Gasteiger partial charge in [-0.1, -0.05) is 26.7 Å². The van der Waals surface area contributed by atoms with Crippen LogP contribution in [0, 0.1) is 5.92 Å². The lowest BCUT2D eigenvalue weighted by atomic mass is 9.94. The van der Waals surface area contributed by atoms with Crippen LogP contribution < -0.4 is 5.73 Å². The van der Waals surface area contributed by atoms with E-state index in [1.165, 1.54) is 12.8 Å². The van der Waals surface area contributed by atoms with Gasteiger partial charge in [0.25, 0.3) is 0 Å². The van der Waals surface area contributed by atoms with Crippen molar-refractivity contribution >= 4 is 0 Å². The van der Waals surface area contributed by atoms with Gasteiger partial charge in [-0.3, -0.25) is 4.90 Å². The molecule has 1 saturated heterocycles. The molecule has 3 atom stereocenters. The van der Waals surface area contributed by atoms with Gasteiger partial charge in [0.05, 0.1) is 12.7 Å². The zero-order chi connectivity index (χ0) is 12.8. The maximum atomic E-state index is 6.29. The first-order valence-corrected chi connectivity index (χ1v) is 7.15. The van der Waals surface area contributed by atoms with E-state index in [9.17, 15) is 0 Å². The maximum absolute atomic E-state index is 6.29. The normalized spacial score (nSPS) is 26.1. The monoisotopic (exact) mass is 242 g/mol. The van der Waals surface area contributed by atoms with E-state index in [2.05, 4.69) is 32.6 Å². The molecule has 0 saturated carbocycles. The summed E-state index contributed by atoms with van der Waals surface area (Å²) in [5.41, 5.74) is 6.29. The van der Waals surface area contributed by atoms with Crippen LogP contribution in [0.2, 0.25) is 0 Å². The van der Waals surface area contributed by atoms with Crippen molar-refractivity contribution in [1.29, 1.82) is 0 Å². The summed E-state index contributed by atoms with van der Waals surface area (Å²) in [5, 5.41) is 0. The van der Waals surface area contributed by atoms with E-state index in [-0.39, 0.29) is 12.1 Å². The molecule has 1 heterocycles. The van der Waals surface area contributed by atoms with Gasteiger partial charge in [0.15, 0.2) is 0 Å². The Hall–Kier alpha value is -0.120. The first-order valence-electron chi connectivity index (χ1n) is 7.15. The van der Waals surface area contributed by atoms with Gasteiger partial charge in [0.2, 0.25) is 0 Å². The number of hydrogen-bond donors (Lipinski definition) is 1. The van der Waals surface area contributed by atoms with E-state index in [0.29, 0.717) is 12.0 Å². The number of nitrogens with two attached hydrogens (primary N) is 1. The molecule has 17 heavy (non-hydrogen) atoms. The van der Waals surface area contributed by atoms with Crippen LogP contribution in [0.25, 0.3) is 0 Å². The van der Waals surface area contributed by atoms with Crippen molar-refractivity contribution in [3.63, 3.8) is 0 Å². The molecule has 3 unspecified atom stereocenters. The summed E-state index contributed by atoms with van der Waals surface area (Å²) in [6.45, 7) is 11.9. The van der Waals surface area contributed by atoms with Crippen LogP contribution in [-0.2, 0) is 4.74 Å². The fourth-order valence-corrected chi connectivity index (χ4v) is 2.65. The molecule has 1 aliphatic rings. The molecule has 1 aliphatic heterocycles. The molecule has 1 fully saturated rings. The van der Waals surface area contributed by atoms with Crippen LogP contribution >= 0.6 is 0 Å². The lowest BCUT2D eigenvalue weighted by molar-refractivity contribution is -0.0524. The van der Waals surface area contributed by atoms with Gasteiger partial charge in [-0.15, -0.1) is 0 Å². The third-order valence-corrected chi connectivity index (χ3v) is 3.79. The number of ether oxygens (including phenoxy) is 1. The molecule has 102 valence electrons. The maximum Gasteiger partial charge on any atom is 0.0853 e. The van der Waals surface area contributed by atoms with Crippen molar-refractivity contribution in [2.24, 2.45) is 11.7 Å². The van der Waals surface area contributed by atoms with Gasteiger partial charge < -0.3 is 10.5 Å². The van der Waals surface area contributed by atoms with Gasteiger partial charge in [-0.25, -0.2) is 0 Å². The van der Waals surface area contributed by atoms with Crippen LogP contribution in [0.1, 0.15) is 47.0 Å². The third kappa shape index (κ3) is 4.94. The minimum atomic E-state index is 0.193. The van der Waals surface area contributed by atoms with Gasteiger partial charge in [-0.2, -0.15) is 0 Å². The van der Waals surface area contributed by atoms with E-state index in [1.807, 2.05) is 0 Å². The molecule has 0 aromatic rings. The van der Waals surface area contributed by atoms with Crippen molar-refractivity contribution < 1.29 is 4.74 Å². The van der Waals surface area contributed by atoms with Crippen LogP contribution in [0.3, 0.4) is 0 Å². The Morgan fingerprint density at radius 1 is 1.35 bits per heavy atom. The lowest BCUT2D eigenvalue weighted by Gasteiger charge is -2.38. The smallest absolute Gasteiger partial charge is 0.0853 e. The first kappa shape index (κ1) is 14.9. The molecule has 3 nitrogen and oxygen atoms in total. The largest absolute Gasteiger partial charge is 0.374 e. The second kappa shape index (κ2) is 7.34. The molecular weight excluding hydrogens is 212 g/mol. The number of morpholine rings is 1. The summed E-state index contributed by atoms with van der Waals surface area (Å²) in [7, 11) is 0. The fourth-order valence-electron chi connectivity index (χ4n) is 2.65. The SMILES string of the molecule is CCCC(C)CC(N)C1CN(C(C)C)CCO1. The van der Waals surface area contributed by atoms with Crippen molar-refractivity contribution in [1.82, 2.24) is 4.90 Å². The Bertz CT molecular complexity index is 208. The minimum absolute atomic E-state index is 0.193. The quantitative estimate of drug-likeness (QED) is 0.776. The Balaban J connectivity index is 2.37. The molecular formula is C14H30N2O. The molecule has 0 radical (unpaired) electrons. The first-order chi connectivity index (χ1) is 8.04. The van der Waals surface area contributed by atoms with Crippen LogP contribution in [-0.4, -0.2) is 42.8 Å². The Labute approximate surface area is 107 Å². The van der Waals surface area contributed by atoms with E-state index in [0.717, 1.165) is 26.1 Å². The van der Waals surface area contributed by atoms with Crippen LogP contribution in [0.4, 0.5) is 0 Å². The highest BCUT2D eigenvalue weighted by atomic mass is 16.5. The van der Waals surface area contributed by atoms with Gasteiger partial charge in [0, 0.05) is 25.2 Å². The second-order valence-corrected chi connectivity index (χ2v) is 5.79. The van der Waals surface area contributed by atoms with E-state index in [4.69, 9.17) is 10.5 Å². The number of hydrogen-bond acceptors (Lipinski definition) is 3. The number of nitrogens with zero attached hydrogens (tertiary/aromatic N) is 1. The zero-order valence-electron chi connectivity index (χ0n) is 12.0. The minimum Gasteiger partial charge on any atom is -0.374 e. The fraction of sp³-hybridized carbons (Fsp3) is 1.00. The summed E-state index contributed by atoms with van der Waals surface area (Å²) in [4.78, 5) is 2.47. The third-order valence-electron chi connectivity index (χ3n) is 3.79. The predicted octanol–water partition coefficient (Wildman–Crippen LogP) is 2.25. The molecule has 0 aromatic carbocycles. The summed E-state index contributed by atoms with van der Waals surface area (Å²) < 4.78 is 5.83. The molecule has 0 spiro atoms. The van der Waals surface area contributed by atoms with Gasteiger partial charge >= 0.3 is 0 Å². The Morgan fingerprint density at radius 2 is 2.06 bits per heavy atom. The Morgan fingerprint density at radius 3 is 2.65 bits per heavy atom. The van der Waals surface area contributed by atoms with E-state index >= 15 is 0 Å². The van der Waals surface area contributed by atoms with Gasteiger partial charge in [0.1, 0.15) is 0 Å². The highest BCUT2D eigenvalue weighted by Crippen LogP contribution is 2.18. The van der Waals surface area contributed by atoms with Crippen molar-refractivity contribution in [2.45, 2.75) is 65.1 Å². The van der Waals surface area contributed by atoms with Gasteiger partial charge in [-0.05, 0) is 26.2 Å². The predicted molar refractivity (Wildman–Crippen MR) is 73.1 cm³/mol. The summed E-state index contributed by atoms with van der Waals surface area (Å²) in [5.74, 6) is 0.716. The molecule has 0 aromatic heterocycles. The zero-order valence-corrected chi connectivity index (χ0v) is 12.0.